The summed E-state index contributed by atoms with van der Waals surface area (Å²) in [7, 11) is 1.68. The molecule has 1 atom stereocenters. The molecule has 0 aliphatic carbocycles. The Morgan fingerprint density at radius 2 is 1.89 bits per heavy atom. The average Bonchev–Trinajstić information content (AvgIpc) is 3.04. The van der Waals surface area contributed by atoms with E-state index in [0.29, 0.717) is 11.8 Å². The molecular formula is C23H23BrN2O. The normalized spacial score (nSPS) is 15.8. The van der Waals surface area contributed by atoms with Crippen molar-refractivity contribution in [2.45, 2.75) is 25.7 Å². The molecule has 1 N–H and O–H groups in total. The second-order valence-electron chi connectivity index (χ2n) is 7.14. The van der Waals surface area contributed by atoms with Crippen molar-refractivity contribution in [1.82, 2.24) is 0 Å². The summed E-state index contributed by atoms with van der Waals surface area (Å²) in [4.78, 5) is 2.18. The van der Waals surface area contributed by atoms with Crippen LogP contribution in [0.25, 0.3) is 10.8 Å². The molecule has 0 spiro atoms. The van der Waals surface area contributed by atoms with Gasteiger partial charge in [-0.25, -0.2) is 0 Å². The Morgan fingerprint density at radius 3 is 2.63 bits per heavy atom. The molecule has 3 aromatic carbocycles. The van der Waals surface area contributed by atoms with Crippen LogP contribution in [0.15, 0.2) is 59.1 Å². The first-order valence-electron chi connectivity index (χ1n) is 9.27. The van der Waals surface area contributed by atoms with Crippen LogP contribution in [-0.2, 0) is 6.42 Å². The van der Waals surface area contributed by atoms with Crippen LogP contribution in [0.4, 0.5) is 5.69 Å². The zero-order valence-corrected chi connectivity index (χ0v) is 17.2. The number of nitrogens with zero attached hydrogens (tertiary/aromatic N) is 1. The van der Waals surface area contributed by atoms with Crippen LogP contribution in [0, 0.1) is 5.41 Å². The fraction of sp³-hybridized carbons (Fsp3) is 0.261. The largest absolute Gasteiger partial charge is 0.497 e. The van der Waals surface area contributed by atoms with Crippen molar-refractivity contribution in [1.29, 1.82) is 5.41 Å². The molecule has 1 aliphatic heterocycles. The van der Waals surface area contributed by atoms with Crippen molar-refractivity contribution in [3.63, 3.8) is 0 Å². The van der Waals surface area contributed by atoms with Crippen molar-refractivity contribution in [2.75, 3.05) is 18.6 Å². The van der Waals surface area contributed by atoms with Gasteiger partial charge in [-0.05, 0) is 52.6 Å². The summed E-state index contributed by atoms with van der Waals surface area (Å²) < 4.78 is 6.34. The second-order valence-corrected chi connectivity index (χ2v) is 7.99. The predicted molar refractivity (Wildman–Crippen MR) is 116 cm³/mol. The summed E-state index contributed by atoms with van der Waals surface area (Å²) in [5, 5.41) is 11.2. The molecule has 0 radical (unpaired) electrons. The molecule has 1 aliphatic rings. The highest BCUT2D eigenvalue weighted by molar-refractivity contribution is 9.10. The van der Waals surface area contributed by atoms with Gasteiger partial charge in [0.2, 0.25) is 0 Å². The van der Waals surface area contributed by atoms with Crippen molar-refractivity contribution < 1.29 is 4.74 Å². The molecule has 1 unspecified atom stereocenters. The molecule has 4 rings (SSSR count). The van der Waals surface area contributed by atoms with Gasteiger partial charge in [-0.15, -0.1) is 0 Å². The van der Waals surface area contributed by atoms with E-state index in [0.717, 1.165) is 29.6 Å². The first-order chi connectivity index (χ1) is 13.1. The summed E-state index contributed by atoms with van der Waals surface area (Å²) in [5.74, 6) is 1.97. The predicted octanol–water partition coefficient (Wildman–Crippen LogP) is 6.14. The second kappa shape index (κ2) is 7.35. The highest BCUT2D eigenvalue weighted by Crippen LogP contribution is 2.42. The van der Waals surface area contributed by atoms with Gasteiger partial charge in [-0.3, -0.25) is 5.41 Å². The van der Waals surface area contributed by atoms with Gasteiger partial charge in [0.15, 0.2) is 0 Å². The molecule has 0 amide bonds. The SMILES string of the molecule is COc1ccc(CCC(=N)N2CC(C)c3c2ccc2c(Br)cccc32)cc1. The number of hydrogen-bond acceptors (Lipinski definition) is 2. The van der Waals surface area contributed by atoms with Crippen molar-refractivity contribution >= 4 is 38.2 Å². The number of methoxy groups -OCH3 is 1. The third-order valence-electron chi connectivity index (χ3n) is 5.40. The first kappa shape index (κ1) is 18.1. The van der Waals surface area contributed by atoms with Gasteiger partial charge >= 0.3 is 0 Å². The molecule has 1 heterocycles. The summed E-state index contributed by atoms with van der Waals surface area (Å²) in [6.07, 6.45) is 1.59. The monoisotopic (exact) mass is 422 g/mol. The van der Waals surface area contributed by atoms with E-state index in [9.17, 15) is 0 Å². The smallest absolute Gasteiger partial charge is 0.118 e. The Bertz CT molecular complexity index is 997. The first-order valence-corrected chi connectivity index (χ1v) is 10.1. The molecule has 0 saturated heterocycles. The van der Waals surface area contributed by atoms with Gasteiger partial charge in [-0.2, -0.15) is 0 Å². The lowest BCUT2D eigenvalue weighted by Gasteiger charge is -2.21. The van der Waals surface area contributed by atoms with E-state index in [2.05, 4.69) is 70.2 Å². The van der Waals surface area contributed by atoms with Crippen molar-refractivity contribution in [3.8, 4) is 5.75 Å². The number of anilines is 1. The fourth-order valence-corrected chi connectivity index (χ4v) is 4.49. The van der Waals surface area contributed by atoms with Gasteiger partial charge in [-0.1, -0.05) is 53.2 Å². The van der Waals surface area contributed by atoms with Gasteiger partial charge in [0.05, 0.1) is 7.11 Å². The van der Waals surface area contributed by atoms with Crippen LogP contribution >= 0.6 is 15.9 Å². The van der Waals surface area contributed by atoms with Crippen LogP contribution in [0.2, 0.25) is 0 Å². The Balaban J connectivity index is 1.56. The molecular weight excluding hydrogens is 400 g/mol. The number of amidine groups is 1. The van der Waals surface area contributed by atoms with E-state index in [4.69, 9.17) is 10.1 Å². The highest BCUT2D eigenvalue weighted by atomic mass is 79.9. The van der Waals surface area contributed by atoms with Crippen LogP contribution in [0.3, 0.4) is 0 Å². The number of fused-ring (bicyclic) bond motifs is 3. The van der Waals surface area contributed by atoms with Crippen LogP contribution in [0.1, 0.15) is 30.4 Å². The number of nitrogens with one attached hydrogen (secondary N) is 1. The van der Waals surface area contributed by atoms with Crippen molar-refractivity contribution in [2.24, 2.45) is 0 Å². The average molecular weight is 423 g/mol. The van der Waals surface area contributed by atoms with Gasteiger partial charge in [0.25, 0.3) is 0 Å². The van der Waals surface area contributed by atoms with Gasteiger partial charge in [0, 0.05) is 29.0 Å². The minimum atomic E-state index is 0.416. The van der Waals surface area contributed by atoms with E-state index in [1.54, 1.807) is 7.11 Å². The summed E-state index contributed by atoms with van der Waals surface area (Å²) in [5.41, 5.74) is 3.78. The molecule has 3 nitrogen and oxygen atoms in total. The molecule has 27 heavy (non-hydrogen) atoms. The van der Waals surface area contributed by atoms with Crippen LogP contribution < -0.4 is 9.64 Å². The number of halogens is 1. The van der Waals surface area contributed by atoms with Crippen LogP contribution in [0.5, 0.6) is 5.75 Å². The van der Waals surface area contributed by atoms with E-state index in [-0.39, 0.29) is 0 Å². The summed E-state index contributed by atoms with van der Waals surface area (Å²) in [6, 6.07) is 18.8. The number of rotatable bonds is 4. The Hall–Kier alpha value is -2.33. The van der Waals surface area contributed by atoms with Crippen LogP contribution in [-0.4, -0.2) is 19.5 Å². The highest BCUT2D eigenvalue weighted by Gasteiger charge is 2.29. The van der Waals surface area contributed by atoms with Gasteiger partial charge in [0.1, 0.15) is 11.6 Å². The Labute approximate surface area is 168 Å². The lowest BCUT2D eigenvalue weighted by Crippen LogP contribution is -2.29. The number of benzene rings is 3. The molecule has 0 bridgehead atoms. The molecule has 0 saturated carbocycles. The number of ether oxygens (including phenoxy) is 1. The number of aryl methyl sites for hydroxylation is 1. The van der Waals surface area contributed by atoms with E-state index in [1.165, 1.54) is 27.6 Å². The lowest BCUT2D eigenvalue weighted by atomic mass is 9.96. The topological polar surface area (TPSA) is 36.3 Å². The van der Waals surface area contributed by atoms with Crippen molar-refractivity contribution in [3.05, 3.63) is 70.2 Å². The fourth-order valence-electron chi connectivity index (χ4n) is 3.99. The third kappa shape index (κ3) is 3.34. The molecule has 0 aromatic heterocycles. The quantitative estimate of drug-likeness (QED) is 0.404. The standard InChI is InChI=1S/C23H23BrN2O/c1-15-14-26(22(25)13-8-16-6-9-17(27-2)10-7-16)21-12-11-18-19(23(15)21)4-3-5-20(18)24/h3-7,9-12,15,25H,8,13-14H2,1-2H3. The zero-order valence-electron chi connectivity index (χ0n) is 15.6. The Morgan fingerprint density at radius 1 is 1.11 bits per heavy atom. The molecule has 138 valence electrons. The maximum Gasteiger partial charge on any atom is 0.118 e. The Kier molecular flexibility index (Phi) is 4.92. The minimum absolute atomic E-state index is 0.416. The van der Waals surface area contributed by atoms with E-state index < -0.39 is 0 Å². The maximum atomic E-state index is 8.68. The zero-order chi connectivity index (χ0) is 19.0. The summed E-state index contributed by atoms with van der Waals surface area (Å²) >= 11 is 3.67. The molecule has 4 heteroatoms. The third-order valence-corrected chi connectivity index (χ3v) is 6.09. The van der Waals surface area contributed by atoms with E-state index in [1.807, 2.05) is 12.1 Å². The molecule has 0 fully saturated rings. The number of hydrogen-bond donors (Lipinski definition) is 1. The lowest BCUT2D eigenvalue weighted by molar-refractivity contribution is 0.414. The molecule has 3 aromatic rings. The minimum Gasteiger partial charge on any atom is -0.497 e. The van der Waals surface area contributed by atoms with Gasteiger partial charge < -0.3 is 9.64 Å². The van der Waals surface area contributed by atoms with E-state index >= 15 is 0 Å². The maximum absolute atomic E-state index is 8.68. The summed E-state index contributed by atoms with van der Waals surface area (Å²) in [6.45, 7) is 3.14.